The first-order valence-electron chi connectivity index (χ1n) is 6.61. The topological polar surface area (TPSA) is 91.5 Å². The first kappa shape index (κ1) is 16.9. The molecule has 0 fully saturated rings. The lowest BCUT2D eigenvalue weighted by Gasteiger charge is -2.20. The number of nitrogen functional groups attached to an aromatic ring is 1. The van der Waals surface area contributed by atoms with Crippen molar-refractivity contribution < 1.29 is 19.1 Å². The van der Waals surface area contributed by atoms with Crippen LogP contribution in [0.1, 0.15) is 62.4 Å². The Labute approximate surface area is 124 Å². The second-order valence-corrected chi connectivity index (χ2v) is 6.67. The number of carbonyl (C=O) groups excluding carboxylic acids is 2. The average molecular weight is 294 g/mol. The van der Waals surface area contributed by atoms with E-state index in [1.165, 1.54) is 12.3 Å². The van der Waals surface area contributed by atoms with Gasteiger partial charge in [-0.05, 0) is 47.6 Å². The summed E-state index contributed by atoms with van der Waals surface area (Å²) in [6.07, 6.45) is 1.25. The Kier molecular flexibility index (Phi) is 4.61. The predicted octanol–water partition coefficient (Wildman–Crippen LogP) is 2.57. The molecular weight excluding hydrogens is 272 g/mol. The minimum Gasteiger partial charge on any atom is -0.456 e. The Morgan fingerprint density at radius 1 is 1.00 bits per heavy atom. The molecule has 0 spiro atoms. The number of esters is 2. The molecule has 116 valence electrons. The van der Waals surface area contributed by atoms with Crippen molar-refractivity contribution in [1.82, 2.24) is 4.98 Å². The Morgan fingerprint density at radius 3 is 1.90 bits per heavy atom. The summed E-state index contributed by atoms with van der Waals surface area (Å²) >= 11 is 0. The van der Waals surface area contributed by atoms with Gasteiger partial charge in [-0.1, -0.05) is 0 Å². The number of hydrogen-bond donors (Lipinski definition) is 1. The smallest absolute Gasteiger partial charge is 0.359 e. The van der Waals surface area contributed by atoms with Crippen molar-refractivity contribution in [3.8, 4) is 0 Å². The van der Waals surface area contributed by atoms with Crippen LogP contribution in [-0.4, -0.2) is 28.1 Å². The number of aromatic nitrogens is 1. The van der Waals surface area contributed by atoms with E-state index < -0.39 is 23.1 Å². The molecular formula is C15H22N2O4. The van der Waals surface area contributed by atoms with E-state index in [0.717, 1.165) is 0 Å². The molecule has 1 aromatic heterocycles. The molecule has 0 saturated carbocycles. The summed E-state index contributed by atoms with van der Waals surface area (Å²) in [5.41, 5.74) is 4.76. The number of nitrogens with two attached hydrogens (primary N) is 1. The van der Waals surface area contributed by atoms with E-state index in [1.807, 2.05) is 0 Å². The van der Waals surface area contributed by atoms with Crippen LogP contribution in [0.3, 0.4) is 0 Å². The Morgan fingerprint density at radius 2 is 1.48 bits per heavy atom. The molecule has 6 nitrogen and oxygen atoms in total. The molecule has 0 aliphatic rings. The molecule has 21 heavy (non-hydrogen) atoms. The summed E-state index contributed by atoms with van der Waals surface area (Å²) < 4.78 is 10.4. The van der Waals surface area contributed by atoms with Gasteiger partial charge < -0.3 is 15.2 Å². The van der Waals surface area contributed by atoms with Crippen LogP contribution in [0.5, 0.6) is 0 Å². The Balaban J connectivity index is 2.96. The molecule has 2 N–H and O–H groups in total. The van der Waals surface area contributed by atoms with Crippen molar-refractivity contribution in [2.75, 3.05) is 5.73 Å². The van der Waals surface area contributed by atoms with Gasteiger partial charge in [0, 0.05) is 6.20 Å². The average Bonchev–Trinajstić information content (AvgIpc) is 2.23. The molecule has 1 aromatic rings. The van der Waals surface area contributed by atoms with Crippen LogP contribution >= 0.6 is 0 Å². The van der Waals surface area contributed by atoms with Gasteiger partial charge >= 0.3 is 11.9 Å². The fourth-order valence-electron chi connectivity index (χ4n) is 1.43. The molecule has 0 saturated heterocycles. The zero-order valence-corrected chi connectivity index (χ0v) is 13.3. The SMILES string of the molecule is CC(C)(C)OC(=O)c1cnc(C(=O)OC(C)(C)C)c(N)c1. The molecule has 0 radical (unpaired) electrons. The van der Waals surface area contributed by atoms with Crippen molar-refractivity contribution in [3.63, 3.8) is 0 Å². The predicted molar refractivity (Wildman–Crippen MR) is 79.0 cm³/mol. The van der Waals surface area contributed by atoms with Crippen LogP contribution in [0.2, 0.25) is 0 Å². The Hall–Kier alpha value is -2.11. The Bertz CT molecular complexity index is 554. The zero-order chi connectivity index (χ0) is 16.4. The van der Waals surface area contributed by atoms with E-state index in [0.29, 0.717) is 0 Å². The summed E-state index contributed by atoms with van der Waals surface area (Å²) in [6.45, 7) is 10.5. The van der Waals surface area contributed by atoms with Gasteiger partial charge in [-0.15, -0.1) is 0 Å². The van der Waals surface area contributed by atoms with E-state index in [9.17, 15) is 9.59 Å². The quantitative estimate of drug-likeness (QED) is 0.843. The minimum atomic E-state index is -0.644. The van der Waals surface area contributed by atoms with Crippen LogP contribution in [0.25, 0.3) is 0 Å². The standard InChI is InChI=1S/C15H22N2O4/c1-14(2,3)20-12(18)9-7-10(16)11(17-8-9)13(19)21-15(4,5)6/h7-8H,16H2,1-6H3. The van der Waals surface area contributed by atoms with Gasteiger partial charge in [-0.3, -0.25) is 0 Å². The highest BCUT2D eigenvalue weighted by Crippen LogP contribution is 2.18. The number of anilines is 1. The van der Waals surface area contributed by atoms with Gasteiger partial charge in [0.05, 0.1) is 11.3 Å². The van der Waals surface area contributed by atoms with Gasteiger partial charge in [0.1, 0.15) is 11.2 Å². The molecule has 1 heterocycles. The molecule has 0 aromatic carbocycles. The lowest BCUT2D eigenvalue weighted by Crippen LogP contribution is -2.26. The van der Waals surface area contributed by atoms with Crippen LogP contribution in [0.15, 0.2) is 12.3 Å². The van der Waals surface area contributed by atoms with Gasteiger partial charge in [0.2, 0.25) is 0 Å². The van der Waals surface area contributed by atoms with Crippen molar-refractivity contribution in [1.29, 1.82) is 0 Å². The van der Waals surface area contributed by atoms with Gasteiger partial charge in [-0.2, -0.15) is 0 Å². The summed E-state index contributed by atoms with van der Waals surface area (Å²) in [5.74, 6) is -1.17. The minimum absolute atomic E-state index is 0.0165. The fraction of sp³-hybridized carbons (Fsp3) is 0.533. The first-order valence-corrected chi connectivity index (χ1v) is 6.61. The highest BCUT2D eigenvalue weighted by atomic mass is 16.6. The maximum Gasteiger partial charge on any atom is 0.359 e. The highest BCUT2D eigenvalue weighted by Gasteiger charge is 2.23. The molecule has 0 aliphatic carbocycles. The number of rotatable bonds is 2. The summed E-state index contributed by atoms with van der Waals surface area (Å²) in [6, 6.07) is 1.36. The van der Waals surface area contributed by atoms with E-state index in [4.69, 9.17) is 15.2 Å². The normalized spacial score (nSPS) is 11.9. The number of hydrogen-bond acceptors (Lipinski definition) is 6. The van der Waals surface area contributed by atoms with Crippen LogP contribution in [0.4, 0.5) is 5.69 Å². The molecule has 6 heteroatoms. The number of nitrogens with zero attached hydrogens (tertiary/aromatic N) is 1. The van der Waals surface area contributed by atoms with Gasteiger partial charge in [0.25, 0.3) is 0 Å². The number of ether oxygens (including phenoxy) is 2. The van der Waals surface area contributed by atoms with Gasteiger partial charge in [0.15, 0.2) is 5.69 Å². The van der Waals surface area contributed by atoms with Crippen LogP contribution in [-0.2, 0) is 9.47 Å². The van der Waals surface area contributed by atoms with E-state index in [1.54, 1.807) is 41.5 Å². The molecule has 0 atom stereocenters. The third-order valence-corrected chi connectivity index (χ3v) is 2.14. The third kappa shape index (κ3) is 5.41. The van der Waals surface area contributed by atoms with Crippen molar-refractivity contribution >= 4 is 17.6 Å². The maximum absolute atomic E-state index is 11.9. The summed E-state index contributed by atoms with van der Waals surface area (Å²) in [7, 11) is 0. The van der Waals surface area contributed by atoms with Crippen molar-refractivity contribution in [2.24, 2.45) is 0 Å². The summed E-state index contributed by atoms with van der Waals surface area (Å²) in [4.78, 5) is 27.7. The lowest BCUT2D eigenvalue weighted by atomic mass is 10.1. The maximum atomic E-state index is 11.9. The molecule has 0 aliphatic heterocycles. The number of pyridine rings is 1. The second-order valence-electron chi connectivity index (χ2n) is 6.67. The highest BCUT2D eigenvalue weighted by molar-refractivity contribution is 5.96. The lowest BCUT2D eigenvalue weighted by molar-refractivity contribution is 0.00474. The van der Waals surface area contributed by atoms with Gasteiger partial charge in [-0.25, -0.2) is 14.6 Å². The zero-order valence-electron chi connectivity index (χ0n) is 13.3. The van der Waals surface area contributed by atoms with E-state index in [-0.39, 0.29) is 16.9 Å². The largest absolute Gasteiger partial charge is 0.456 e. The van der Waals surface area contributed by atoms with E-state index in [2.05, 4.69) is 4.98 Å². The van der Waals surface area contributed by atoms with Crippen LogP contribution < -0.4 is 5.73 Å². The molecule has 0 unspecified atom stereocenters. The first-order chi connectivity index (χ1) is 9.39. The molecule has 0 amide bonds. The summed E-state index contributed by atoms with van der Waals surface area (Å²) in [5, 5.41) is 0. The second kappa shape index (κ2) is 5.71. The molecule has 1 rings (SSSR count). The van der Waals surface area contributed by atoms with Crippen molar-refractivity contribution in [2.45, 2.75) is 52.7 Å². The fourth-order valence-corrected chi connectivity index (χ4v) is 1.43. The van der Waals surface area contributed by atoms with E-state index >= 15 is 0 Å². The monoisotopic (exact) mass is 294 g/mol. The third-order valence-electron chi connectivity index (χ3n) is 2.14. The van der Waals surface area contributed by atoms with Crippen molar-refractivity contribution in [3.05, 3.63) is 23.5 Å². The van der Waals surface area contributed by atoms with Crippen LogP contribution in [0, 0.1) is 0 Å². The molecule has 0 bridgehead atoms. The number of carbonyl (C=O) groups is 2.